The zero-order valence-electron chi connectivity index (χ0n) is 30.0. The number of fused-ring (bicyclic) bond motifs is 2. The summed E-state index contributed by atoms with van der Waals surface area (Å²) in [4.78, 5) is 61.6. The minimum absolute atomic E-state index is 0.00381. The lowest BCUT2D eigenvalue weighted by Crippen LogP contribution is -2.53. The van der Waals surface area contributed by atoms with Gasteiger partial charge in [-0.2, -0.15) is 0 Å². The van der Waals surface area contributed by atoms with Gasteiger partial charge < -0.3 is 30.7 Å². The standard InChI is InChI=1S/C35H50BN7O7/c1-21(2)31(32(47)38-18-29(45)39-25-11-7-22(8-12-25)19-49-33(36)48)40-30(46)17-37-28(44)16-35(5,6)50-20-34(3,4)43-27-14-10-24-15-23(24)9-13-26(27)41-42-43/h7-8,11-12,21,23-24,31H,9-10,13-20H2,1-6H3,(H,37,44)(H,38,47)(H,39,45)(H,40,46). The van der Waals surface area contributed by atoms with Gasteiger partial charge in [-0.25, -0.2) is 4.68 Å². The quantitative estimate of drug-likeness (QED) is 0.192. The molecule has 3 unspecified atom stereocenters. The second-order valence-electron chi connectivity index (χ2n) is 14.9. The summed E-state index contributed by atoms with van der Waals surface area (Å²) in [6.45, 7) is 11.0. The number of rotatable bonds is 16. The van der Waals surface area contributed by atoms with Gasteiger partial charge in [0, 0.05) is 5.69 Å². The summed E-state index contributed by atoms with van der Waals surface area (Å²) in [5, 5.41) is 19.5. The van der Waals surface area contributed by atoms with Crippen LogP contribution in [0.5, 0.6) is 0 Å². The van der Waals surface area contributed by atoms with Gasteiger partial charge in [-0.05, 0) is 95.2 Å². The van der Waals surface area contributed by atoms with Gasteiger partial charge in [-0.1, -0.05) is 31.2 Å². The first-order chi connectivity index (χ1) is 23.5. The number of anilines is 1. The zero-order chi connectivity index (χ0) is 36.6. The number of aryl methyl sites for hydroxylation is 1. The molecule has 50 heavy (non-hydrogen) atoms. The van der Waals surface area contributed by atoms with Gasteiger partial charge in [0.25, 0.3) is 0 Å². The fourth-order valence-electron chi connectivity index (χ4n) is 6.12. The highest BCUT2D eigenvalue weighted by Crippen LogP contribution is 2.46. The van der Waals surface area contributed by atoms with Crippen LogP contribution in [-0.4, -0.2) is 83.7 Å². The van der Waals surface area contributed by atoms with Crippen molar-refractivity contribution in [3.05, 3.63) is 41.2 Å². The molecule has 0 aliphatic heterocycles. The van der Waals surface area contributed by atoms with Gasteiger partial charge in [0.15, 0.2) is 0 Å². The average Bonchev–Trinajstić information content (AvgIpc) is 3.65. The van der Waals surface area contributed by atoms with Gasteiger partial charge in [0.05, 0.1) is 48.6 Å². The predicted molar refractivity (Wildman–Crippen MR) is 186 cm³/mol. The lowest BCUT2D eigenvalue weighted by molar-refractivity contribution is -0.133. The van der Waals surface area contributed by atoms with E-state index < -0.39 is 40.8 Å². The number of hydrogen-bond donors (Lipinski definition) is 4. The normalized spacial score (nSPS) is 17.7. The second-order valence-corrected chi connectivity index (χ2v) is 14.9. The number of hydrogen-bond acceptors (Lipinski definition) is 9. The maximum Gasteiger partial charge on any atom is 0.243 e. The highest BCUT2D eigenvalue weighted by atomic mass is 16.5. The number of ether oxygens (including phenoxy) is 2. The van der Waals surface area contributed by atoms with Gasteiger partial charge in [-0.3, -0.25) is 24.0 Å². The lowest BCUT2D eigenvalue weighted by Gasteiger charge is -2.32. The van der Waals surface area contributed by atoms with Crippen LogP contribution in [0, 0.1) is 17.8 Å². The fraction of sp³-hybridized carbons (Fsp3) is 0.629. The molecule has 0 spiro atoms. The van der Waals surface area contributed by atoms with Crippen LogP contribution in [0.1, 0.15) is 84.2 Å². The van der Waals surface area contributed by atoms with Crippen LogP contribution in [0.3, 0.4) is 0 Å². The van der Waals surface area contributed by atoms with E-state index in [1.54, 1.807) is 38.1 Å². The average molecular weight is 692 g/mol. The SMILES string of the molecule is [B]C(=O)OCc1ccc(NC(=O)CNC(=O)C(NC(=O)CNC(=O)CC(C)(C)OCC(C)(C)n2nnc3c2CCC2CC2CC3)C(C)C)cc1. The van der Waals surface area contributed by atoms with Crippen molar-refractivity contribution in [2.24, 2.45) is 17.8 Å². The molecular formula is C35H50BN7O7. The van der Waals surface area contributed by atoms with Crippen LogP contribution < -0.4 is 21.3 Å². The summed E-state index contributed by atoms with van der Waals surface area (Å²) in [7, 11) is 4.96. The Balaban J connectivity index is 1.18. The third kappa shape index (κ3) is 11.4. The van der Waals surface area contributed by atoms with Crippen molar-refractivity contribution in [3.8, 4) is 0 Å². The summed E-state index contributed by atoms with van der Waals surface area (Å²) in [5.74, 6) is -1.44. The molecule has 4 rings (SSSR count). The third-order valence-corrected chi connectivity index (χ3v) is 9.15. The Labute approximate surface area is 295 Å². The van der Waals surface area contributed by atoms with Gasteiger partial charge >= 0.3 is 0 Å². The van der Waals surface area contributed by atoms with E-state index >= 15 is 0 Å². The third-order valence-electron chi connectivity index (χ3n) is 9.15. The Hall–Kier alpha value is -4.27. The van der Waals surface area contributed by atoms with Crippen LogP contribution in [0.15, 0.2) is 24.3 Å². The molecule has 4 amide bonds. The Morgan fingerprint density at radius 2 is 1.60 bits per heavy atom. The minimum atomic E-state index is -0.930. The molecule has 1 aromatic carbocycles. The Morgan fingerprint density at radius 1 is 0.940 bits per heavy atom. The van der Waals surface area contributed by atoms with Crippen molar-refractivity contribution in [1.82, 2.24) is 30.9 Å². The molecule has 0 saturated heterocycles. The summed E-state index contributed by atoms with van der Waals surface area (Å²) in [6.07, 6.45) is 5.60. The molecule has 1 aromatic heterocycles. The Kier molecular flexibility index (Phi) is 12.8. The molecule has 2 radical (unpaired) electrons. The largest absolute Gasteiger partial charge is 0.470 e. The van der Waals surface area contributed by atoms with Crippen LogP contribution in [0.2, 0.25) is 0 Å². The van der Waals surface area contributed by atoms with E-state index in [0.717, 1.165) is 36.8 Å². The van der Waals surface area contributed by atoms with E-state index in [4.69, 9.17) is 17.3 Å². The van der Waals surface area contributed by atoms with E-state index in [1.807, 2.05) is 18.5 Å². The van der Waals surface area contributed by atoms with Gasteiger partial charge in [0.1, 0.15) is 12.6 Å². The molecule has 2 aromatic rings. The smallest absolute Gasteiger partial charge is 0.243 e. The van der Waals surface area contributed by atoms with Crippen LogP contribution in [0.4, 0.5) is 10.5 Å². The summed E-state index contributed by atoms with van der Waals surface area (Å²) >= 11 is 0. The van der Waals surface area contributed by atoms with Crippen LogP contribution >= 0.6 is 0 Å². The molecule has 1 fully saturated rings. The summed E-state index contributed by atoms with van der Waals surface area (Å²) in [5.41, 5.74) is 2.12. The first-order valence-electron chi connectivity index (χ1n) is 17.3. The first-order valence-corrected chi connectivity index (χ1v) is 17.3. The molecule has 14 nitrogen and oxygen atoms in total. The van der Waals surface area contributed by atoms with Crippen molar-refractivity contribution >= 4 is 43.0 Å². The second kappa shape index (κ2) is 16.6. The molecule has 2 aliphatic rings. The molecule has 1 saturated carbocycles. The highest BCUT2D eigenvalue weighted by Gasteiger charge is 2.39. The molecular weight excluding hydrogens is 641 g/mol. The molecule has 2 aliphatic carbocycles. The van der Waals surface area contributed by atoms with E-state index in [0.29, 0.717) is 17.9 Å². The number of nitrogens with one attached hydrogen (secondary N) is 4. The van der Waals surface area contributed by atoms with Crippen LogP contribution in [0.25, 0.3) is 0 Å². The maximum atomic E-state index is 12.9. The molecule has 270 valence electrons. The molecule has 4 N–H and O–H groups in total. The van der Waals surface area contributed by atoms with Crippen LogP contribution in [-0.2, 0) is 53.6 Å². The number of aromatic nitrogens is 3. The lowest BCUT2D eigenvalue weighted by atomic mass is 9.99. The van der Waals surface area contributed by atoms with E-state index in [1.165, 1.54) is 18.5 Å². The van der Waals surface area contributed by atoms with Crippen molar-refractivity contribution in [2.75, 3.05) is 25.0 Å². The van der Waals surface area contributed by atoms with Gasteiger partial charge in [0.2, 0.25) is 37.3 Å². The first kappa shape index (κ1) is 38.5. The molecule has 0 bridgehead atoms. The summed E-state index contributed by atoms with van der Waals surface area (Å²) in [6, 6.07) is 5.62. The zero-order valence-corrected chi connectivity index (χ0v) is 30.0. The van der Waals surface area contributed by atoms with Crippen molar-refractivity contribution < 1.29 is 33.4 Å². The minimum Gasteiger partial charge on any atom is -0.470 e. The number of amides is 4. The van der Waals surface area contributed by atoms with E-state index in [-0.39, 0.29) is 37.9 Å². The van der Waals surface area contributed by atoms with Crippen molar-refractivity contribution in [1.29, 1.82) is 0 Å². The van der Waals surface area contributed by atoms with Crippen molar-refractivity contribution in [3.63, 3.8) is 0 Å². The topological polar surface area (TPSA) is 183 Å². The fourth-order valence-corrected chi connectivity index (χ4v) is 6.12. The number of carbonyl (C=O) groups is 5. The number of nitrogens with zero attached hydrogens (tertiary/aromatic N) is 3. The highest BCUT2D eigenvalue weighted by molar-refractivity contribution is 6.55. The number of benzene rings is 1. The molecule has 3 atom stereocenters. The Bertz CT molecular complexity index is 1540. The van der Waals surface area contributed by atoms with Crippen molar-refractivity contribution in [2.45, 2.75) is 104 Å². The molecule has 15 heteroatoms. The summed E-state index contributed by atoms with van der Waals surface area (Å²) < 4.78 is 13.0. The molecule has 1 heterocycles. The number of carbonyl (C=O) groups excluding carboxylic acids is 5. The van der Waals surface area contributed by atoms with E-state index in [2.05, 4.69) is 45.4 Å². The van der Waals surface area contributed by atoms with E-state index in [9.17, 15) is 24.0 Å². The van der Waals surface area contributed by atoms with Gasteiger partial charge in [-0.15, -0.1) is 5.10 Å². The monoisotopic (exact) mass is 691 g/mol. The Morgan fingerprint density at radius 3 is 2.26 bits per heavy atom. The maximum absolute atomic E-state index is 12.9. The predicted octanol–water partition coefficient (Wildman–Crippen LogP) is 2.53.